The maximum absolute atomic E-state index is 12.3. The summed E-state index contributed by atoms with van der Waals surface area (Å²) in [7, 11) is 0. The van der Waals surface area contributed by atoms with Crippen LogP contribution in [0.4, 0.5) is 0 Å². The summed E-state index contributed by atoms with van der Waals surface area (Å²) in [6.45, 7) is 2.42. The molecule has 0 spiro atoms. The molecule has 0 saturated carbocycles. The number of benzene rings is 1. The van der Waals surface area contributed by atoms with E-state index < -0.39 is 0 Å². The van der Waals surface area contributed by atoms with Crippen LogP contribution in [0.1, 0.15) is 17.5 Å². The molecule has 3 rings (SSSR count). The van der Waals surface area contributed by atoms with Gasteiger partial charge in [-0.05, 0) is 24.1 Å². The predicted octanol–water partition coefficient (Wildman–Crippen LogP) is 0.911. The van der Waals surface area contributed by atoms with Crippen LogP contribution < -0.4 is 10.6 Å². The first-order valence-electron chi connectivity index (χ1n) is 7.58. The number of carbonyl (C=O) groups is 1. The Hall–Kier alpha value is -1.55. The molecule has 1 amide bonds. The van der Waals surface area contributed by atoms with Gasteiger partial charge in [0.2, 0.25) is 5.91 Å². The molecule has 1 aromatic rings. The highest BCUT2D eigenvalue weighted by Gasteiger charge is 2.33. The zero-order valence-corrected chi connectivity index (χ0v) is 13.2. The minimum atomic E-state index is -0.0540. The molecule has 2 saturated heterocycles. The zero-order valence-electron chi connectivity index (χ0n) is 12.4. The van der Waals surface area contributed by atoms with Gasteiger partial charge in [-0.2, -0.15) is 5.26 Å². The molecule has 0 aliphatic carbocycles. The van der Waals surface area contributed by atoms with E-state index in [0.717, 1.165) is 43.2 Å². The highest BCUT2D eigenvalue weighted by atomic mass is 32.2. The fourth-order valence-corrected chi connectivity index (χ4v) is 3.86. The van der Waals surface area contributed by atoms with Crippen molar-refractivity contribution in [2.75, 3.05) is 24.7 Å². The van der Waals surface area contributed by atoms with Gasteiger partial charge < -0.3 is 15.5 Å². The quantitative estimate of drug-likeness (QED) is 0.864. The van der Waals surface area contributed by atoms with Crippen LogP contribution in [0.15, 0.2) is 24.3 Å². The molecule has 2 atom stereocenters. The second kappa shape index (κ2) is 7.14. The van der Waals surface area contributed by atoms with E-state index in [-0.39, 0.29) is 11.9 Å². The maximum Gasteiger partial charge on any atom is 0.240 e. The summed E-state index contributed by atoms with van der Waals surface area (Å²) in [5, 5.41) is 15.7. The van der Waals surface area contributed by atoms with Crippen molar-refractivity contribution in [3.8, 4) is 6.07 Å². The van der Waals surface area contributed by atoms with E-state index in [2.05, 4.69) is 16.7 Å². The number of hydrogen-bond donors (Lipinski definition) is 2. The van der Waals surface area contributed by atoms with Crippen molar-refractivity contribution in [2.45, 2.75) is 25.0 Å². The maximum atomic E-state index is 12.3. The third kappa shape index (κ3) is 3.61. The van der Waals surface area contributed by atoms with E-state index in [4.69, 9.17) is 5.26 Å². The van der Waals surface area contributed by atoms with Crippen molar-refractivity contribution in [2.24, 2.45) is 0 Å². The van der Waals surface area contributed by atoms with Gasteiger partial charge in [0.05, 0.1) is 23.6 Å². The van der Waals surface area contributed by atoms with Crippen LogP contribution in [0.5, 0.6) is 0 Å². The lowest BCUT2D eigenvalue weighted by atomic mass is 10.1. The zero-order chi connectivity index (χ0) is 15.4. The lowest BCUT2D eigenvalue weighted by molar-refractivity contribution is -0.131. The number of hydrogen-bond acceptors (Lipinski definition) is 5. The summed E-state index contributed by atoms with van der Waals surface area (Å²) in [5.74, 6) is 2.12. The number of rotatable bonds is 4. The first-order valence-corrected chi connectivity index (χ1v) is 8.74. The number of thioether (sulfide) groups is 1. The highest BCUT2D eigenvalue weighted by Crippen LogP contribution is 2.17. The van der Waals surface area contributed by atoms with Crippen LogP contribution in [0.3, 0.4) is 0 Å². The molecule has 22 heavy (non-hydrogen) atoms. The van der Waals surface area contributed by atoms with Crippen molar-refractivity contribution in [3.05, 3.63) is 35.4 Å². The van der Waals surface area contributed by atoms with Gasteiger partial charge in [-0.25, -0.2) is 0 Å². The Morgan fingerprint density at radius 1 is 1.55 bits per heavy atom. The largest absolute Gasteiger partial charge is 0.331 e. The van der Waals surface area contributed by atoms with Gasteiger partial charge in [-0.15, -0.1) is 11.8 Å². The first-order chi connectivity index (χ1) is 10.8. The monoisotopic (exact) mass is 316 g/mol. The molecule has 2 N–H and O–H groups in total. The van der Waals surface area contributed by atoms with E-state index >= 15 is 0 Å². The van der Waals surface area contributed by atoms with E-state index in [9.17, 15) is 4.79 Å². The number of amides is 1. The van der Waals surface area contributed by atoms with E-state index in [1.165, 1.54) is 0 Å². The van der Waals surface area contributed by atoms with E-state index in [1.807, 2.05) is 40.9 Å². The smallest absolute Gasteiger partial charge is 0.240 e. The van der Waals surface area contributed by atoms with Gasteiger partial charge in [-0.1, -0.05) is 12.1 Å². The average Bonchev–Trinajstić information content (AvgIpc) is 3.24. The third-order valence-corrected chi connectivity index (χ3v) is 5.11. The Morgan fingerprint density at radius 3 is 3.23 bits per heavy atom. The summed E-state index contributed by atoms with van der Waals surface area (Å²) in [6, 6.07) is 10.0. The second-order valence-corrected chi connectivity index (χ2v) is 6.80. The Labute approximate surface area is 135 Å². The fraction of sp³-hybridized carbons (Fsp3) is 0.500. The summed E-state index contributed by atoms with van der Waals surface area (Å²) in [5.41, 5.74) is 1.79. The number of nitrogens with zero attached hydrogens (tertiary/aromatic N) is 2. The predicted molar refractivity (Wildman–Crippen MR) is 87.2 cm³/mol. The second-order valence-electron chi connectivity index (χ2n) is 5.73. The number of carbonyl (C=O) groups excluding carboxylic acids is 1. The average molecular weight is 316 g/mol. The molecule has 0 unspecified atom stereocenters. The standard InChI is InChI=1S/C16H20N4OS/c17-8-12-2-1-3-13(6-12)9-18-14-7-15(19-10-14)16(21)20-4-5-22-11-20/h1-3,6,14-15,18-19H,4-5,7,9-11H2/t14-,15-/m0/s1. The van der Waals surface area contributed by atoms with Crippen LogP contribution in [-0.4, -0.2) is 47.6 Å². The summed E-state index contributed by atoms with van der Waals surface area (Å²) in [6.07, 6.45) is 0.831. The van der Waals surface area contributed by atoms with Gasteiger partial charge in [0.15, 0.2) is 0 Å². The van der Waals surface area contributed by atoms with Gasteiger partial charge >= 0.3 is 0 Å². The molecule has 116 valence electrons. The van der Waals surface area contributed by atoms with Crippen molar-refractivity contribution in [1.82, 2.24) is 15.5 Å². The Kier molecular flexibility index (Phi) is 4.98. The lowest BCUT2D eigenvalue weighted by Crippen LogP contribution is -2.42. The van der Waals surface area contributed by atoms with Gasteiger partial charge in [0.25, 0.3) is 0 Å². The fourth-order valence-electron chi connectivity index (χ4n) is 2.90. The Morgan fingerprint density at radius 2 is 2.45 bits per heavy atom. The molecule has 1 aromatic carbocycles. The van der Waals surface area contributed by atoms with Crippen LogP contribution in [-0.2, 0) is 11.3 Å². The van der Waals surface area contributed by atoms with Crippen molar-refractivity contribution in [3.63, 3.8) is 0 Å². The number of nitriles is 1. The van der Waals surface area contributed by atoms with Crippen LogP contribution in [0.25, 0.3) is 0 Å². The van der Waals surface area contributed by atoms with Crippen molar-refractivity contribution in [1.29, 1.82) is 5.26 Å². The molecule has 0 bridgehead atoms. The van der Waals surface area contributed by atoms with Crippen LogP contribution in [0, 0.1) is 11.3 Å². The molecule has 5 nitrogen and oxygen atoms in total. The molecule has 2 fully saturated rings. The molecule has 0 radical (unpaired) electrons. The van der Waals surface area contributed by atoms with E-state index in [1.54, 1.807) is 0 Å². The molecule has 6 heteroatoms. The molecular weight excluding hydrogens is 296 g/mol. The third-order valence-electron chi connectivity index (χ3n) is 4.14. The highest BCUT2D eigenvalue weighted by molar-refractivity contribution is 7.99. The van der Waals surface area contributed by atoms with Crippen LogP contribution in [0.2, 0.25) is 0 Å². The molecular formula is C16H20N4OS. The van der Waals surface area contributed by atoms with E-state index in [0.29, 0.717) is 11.6 Å². The molecule has 2 aliphatic rings. The summed E-state index contributed by atoms with van der Waals surface area (Å²) < 4.78 is 0. The Bertz CT molecular complexity index is 580. The lowest BCUT2D eigenvalue weighted by Gasteiger charge is -2.19. The van der Waals surface area contributed by atoms with Gasteiger partial charge in [0, 0.05) is 31.4 Å². The number of nitrogens with one attached hydrogen (secondary N) is 2. The minimum absolute atomic E-state index is 0.0540. The van der Waals surface area contributed by atoms with Crippen LogP contribution >= 0.6 is 11.8 Å². The molecule has 2 heterocycles. The minimum Gasteiger partial charge on any atom is -0.331 e. The van der Waals surface area contributed by atoms with Gasteiger partial charge in [0.1, 0.15) is 0 Å². The van der Waals surface area contributed by atoms with Gasteiger partial charge in [-0.3, -0.25) is 4.79 Å². The summed E-state index contributed by atoms with van der Waals surface area (Å²) in [4.78, 5) is 14.3. The first kappa shape index (κ1) is 15.3. The topological polar surface area (TPSA) is 68.2 Å². The van der Waals surface area contributed by atoms with Crippen molar-refractivity contribution < 1.29 is 4.79 Å². The summed E-state index contributed by atoms with van der Waals surface area (Å²) >= 11 is 1.82. The SMILES string of the molecule is N#Cc1cccc(CN[C@@H]2CN[C@H](C(=O)N3CCSC3)C2)c1. The molecule has 2 aliphatic heterocycles. The van der Waals surface area contributed by atoms with Crippen molar-refractivity contribution >= 4 is 17.7 Å². The normalized spacial score (nSPS) is 24.4. The Balaban J connectivity index is 1.48. The molecule has 0 aromatic heterocycles.